The van der Waals surface area contributed by atoms with Crippen LogP contribution in [0.25, 0.3) is 0 Å². The second-order valence-electron chi connectivity index (χ2n) is 5.30. The highest BCUT2D eigenvalue weighted by Gasteiger charge is 2.22. The van der Waals surface area contributed by atoms with E-state index in [-0.39, 0.29) is 0 Å². The number of fused-ring (bicyclic) bond motifs is 1. The highest BCUT2D eigenvalue weighted by atomic mass is 32.2. The summed E-state index contributed by atoms with van der Waals surface area (Å²) in [4.78, 5) is 3.69. The Hall–Kier alpha value is -1.93. The SMILES string of the molecule is CC/C=C(C)/C=C/C=C/C=C/C=C1/Sc2ccccc2N1CC. The summed E-state index contributed by atoms with van der Waals surface area (Å²) in [7, 11) is 0. The summed E-state index contributed by atoms with van der Waals surface area (Å²) in [6, 6.07) is 8.57. The maximum absolute atomic E-state index is 2.35. The summed E-state index contributed by atoms with van der Waals surface area (Å²) in [5, 5.41) is 1.29. The van der Waals surface area contributed by atoms with Crippen molar-refractivity contribution in [1.82, 2.24) is 0 Å². The van der Waals surface area contributed by atoms with Gasteiger partial charge in [0.25, 0.3) is 0 Å². The molecule has 0 aromatic heterocycles. The molecular formula is C21H25NS. The minimum atomic E-state index is 0.991. The Balaban J connectivity index is 1.94. The van der Waals surface area contributed by atoms with Crippen LogP contribution in [0.2, 0.25) is 0 Å². The van der Waals surface area contributed by atoms with Crippen LogP contribution in [-0.2, 0) is 0 Å². The van der Waals surface area contributed by atoms with Crippen molar-refractivity contribution in [2.75, 3.05) is 11.4 Å². The molecule has 0 saturated heterocycles. The van der Waals surface area contributed by atoms with Gasteiger partial charge in [-0.15, -0.1) is 0 Å². The zero-order valence-corrected chi connectivity index (χ0v) is 15.0. The summed E-state index contributed by atoms with van der Waals surface area (Å²) in [6.45, 7) is 7.47. The topological polar surface area (TPSA) is 3.24 Å². The van der Waals surface area contributed by atoms with Gasteiger partial charge in [0.15, 0.2) is 0 Å². The van der Waals surface area contributed by atoms with Gasteiger partial charge in [0, 0.05) is 11.4 Å². The Morgan fingerprint density at radius 2 is 1.78 bits per heavy atom. The number of anilines is 1. The summed E-state index contributed by atoms with van der Waals surface area (Å²) >= 11 is 1.84. The molecule has 23 heavy (non-hydrogen) atoms. The zero-order chi connectivity index (χ0) is 16.5. The molecule has 1 aromatic carbocycles. The molecule has 2 rings (SSSR count). The van der Waals surface area contributed by atoms with Crippen molar-refractivity contribution >= 4 is 17.4 Å². The van der Waals surface area contributed by atoms with E-state index in [1.54, 1.807) is 0 Å². The fraction of sp³-hybridized carbons (Fsp3) is 0.238. The molecule has 1 aliphatic rings. The number of para-hydroxylation sites is 1. The molecule has 0 amide bonds. The molecule has 1 heterocycles. The summed E-state index contributed by atoms with van der Waals surface area (Å²) in [6.07, 6.45) is 18.0. The molecule has 0 N–H and O–H groups in total. The third kappa shape index (κ3) is 5.04. The third-order valence-corrected chi connectivity index (χ3v) is 4.65. The molecule has 1 aliphatic heterocycles. The van der Waals surface area contributed by atoms with E-state index in [0.717, 1.165) is 13.0 Å². The van der Waals surface area contributed by atoms with E-state index in [2.05, 4.69) is 98.5 Å². The monoisotopic (exact) mass is 323 g/mol. The molecule has 1 aromatic rings. The fourth-order valence-corrected chi connectivity index (χ4v) is 3.57. The van der Waals surface area contributed by atoms with Gasteiger partial charge in [0.1, 0.15) is 0 Å². The molecule has 120 valence electrons. The number of hydrogen-bond donors (Lipinski definition) is 0. The van der Waals surface area contributed by atoms with Crippen molar-refractivity contribution in [2.24, 2.45) is 0 Å². The van der Waals surface area contributed by atoms with E-state index < -0.39 is 0 Å². The van der Waals surface area contributed by atoms with Gasteiger partial charge in [-0.1, -0.05) is 78.9 Å². The summed E-state index contributed by atoms with van der Waals surface area (Å²) in [5.41, 5.74) is 2.62. The van der Waals surface area contributed by atoms with Crippen LogP contribution in [0.1, 0.15) is 27.2 Å². The lowest BCUT2D eigenvalue weighted by atomic mass is 10.2. The van der Waals surface area contributed by atoms with E-state index in [4.69, 9.17) is 0 Å². The maximum atomic E-state index is 2.35. The second kappa shape index (κ2) is 9.26. The standard InChI is InChI=1S/C21H25NS/c1-4-13-18(3)14-9-7-6-8-10-17-21-22(5-2)19-15-11-12-16-20(19)23-21/h6-17H,4-5H2,1-3H3/b7-6+,10-8+,14-9+,18-13+,21-17+. The smallest absolute Gasteiger partial charge is 0.0801 e. The Labute approximate surface area is 144 Å². The Bertz CT molecular complexity index is 662. The average Bonchev–Trinajstić information content (AvgIpc) is 2.91. The number of hydrogen-bond acceptors (Lipinski definition) is 2. The fourth-order valence-electron chi connectivity index (χ4n) is 2.43. The number of rotatable bonds is 6. The van der Waals surface area contributed by atoms with E-state index in [0.29, 0.717) is 0 Å². The molecule has 0 bridgehead atoms. The number of benzene rings is 1. The third-order valence-electron chi connectivity index (χ3n) is 3.52. The number of nitrogens with zero attached hydrogens (tertiary/aromatic N) is 1. The van der Waals surface area contributed by atoms with Crippen LogP contribution in [0.4, 0.5) is 5.69 Å². The van der Waals surface area contributed by atoms with E-state index in [1.165, 1.54) is 21.2 Å². The van der Waals surface area contributed by atoms with E-state index in [1.807, 2.05) is 11.8 Å². The predicted molar refractivity (Wildman–Crippen MR) is 105 cm³/mol. The Morgan fingerprint density at radius 1 is 1.04 bits per heavy atom. The molecule has 0 atom stereocenters. The van der Waals surface area contributed by atoms with Crippen LogP contribution in [-0.4, -0.2) is 6.54 Å². The van der Waals surface area contributed by atoms with Gasteiger partial charge in [-0.05, 0) is 38.5 Å². The van der Waals surface area contributed by atoms with E-state index >= 15 is 0 Å². The molecule has 0 saturated carbocycles. The quantitative estimate of drug-likeness (QED) is 0.551. The van der Waals surface area contributed by atoms with Gasteiger partial charge in [-0.2, -0.15) is 0 Å². The van der Waals surface area contributed by atoms with Gasteiger partial charge in [-0.3, -0.25) is 0 Å². The summed E-state index contributed by atoms with van der Waals surface area (Å²) in [5.74, 6) is 0. The first-order chi connectivity index (χ1) is 11.3. The van der Waals surface area contributed by atoms with Gasteiger partial charge in [0.2, 0.25) is 0 Å². The first-order valence-corrected chi connectivity index (χ1v) is 9.00. The first kappa shape index (κ1) is 17.4. The van der Waals surface area contributed by atoms with Crippen molar-refractivity contribution in [2.45, 2.75) is 32.1 Å². The van der Waals surface area contributed by atoms with Gasteiger partial charge < -0.3 is 4.90 Å². The normalized spacial score (nSPS) is 17.3. The lowest BCUT2D eigenvalue weighted by Gasteiger charge is -2.17. The number of allylic oxidation sites excluding steroid dienone is 9. The minimum absolute atomic E-state index is 0.991. The molecule has 0 fully saturated rings. The van der Waals surface area contributed by atoms with Crippen LogP contribution in [0.5, 0.6) is 0 Å². The molecule has 2 heteroatoms. The van der Waals surface area contributed by atoms with Crippen molar-refractivity contribution in [1.29, 1.82) is 0 Å². The van der Waals surface area contributed by atoms with Crippen molar-refractivity contribution in [3.63, 3.8) is 0 Å². The zero-order valence-electron chi connectivity index (χ0n) is 14.2. The van der Waals surface area contributed by atoms with Crippen molar-refractivity contribution in [3.05, 3.63) is 83.5 Å². The van der Waals surface area contributed by atoms with Gasteiger partial charge in [-0.25, -0.2) is 0 Å². The minimum Gasteiger partial charge on any atom is -0.335 e. The van der Waals surface area contributed by atoms with Crippen molar-refractivity contribution < 1.29 is 0 Å². The molecule has 0 unspecified atom stereocenters. The van der Waals surface area contributed by atoms with Crippen LogP contribution < -0.4 is 4.90 Å². The van der Waals surface area contributed by atoms with Crippen LogP contribution in [0, 0.1) is 0 Å². The molecular weight excluding hydrogens is 298 g/mol. The van der Waals surface area contributed by atoms with Crippen LogP contribution >= 0.6 is 11.8 Å². The van der Waals surface area contributed by atoms with Crippen molar-refractivity contribution in [3.8, 4) is 0 Å². The first-order valence-electron chi connectivity index (χ1n) is 8.19. The summed E-state index contributed by atoms with van der Waals surface area (Å²) < 4.78 is 0. The molecule has 0 radical (unpaired) electrons. The molecule has 1 nitrogen and oxygen atoms in total. The highest BCUT2D eigenvalue weighted by Crippen LogP contribution is 2.45. The van der Waals surface area contributed by atoms with Gasteiger partial charge >= 0.3 is 0 Å². The predicted octanol–water partition coefficient (Wildman–Crippen LogP) is 6.48. The maximum Gasteiger partial charge on any atom is 0.0801 e. The Kier molecular flexibility index (Phi) is 7.02. The average molecular weight is 324 g/mol. The second-order valence-corrected chi connectivity index (χ2v) is 6.37. The largest absolute Gasteiger partial charge is 0.335 e. The molecule has 0 aliphatic carbocycles. The highest BCUT2D eigenvalue weighted by molar-refractivity contribution is 8.03. The lowest BCUT2D eigenvalue weighted by molar-refractivity contribution is 1.00. The Morgan fingerprint density at radius 3 is 2.57 bits per heavy atom. The van der Waals surface area contributed by atoms with Crippen LogP contribution in [0.3, 0.4) is 0 Å². The molecule has 0 spiro atoms. The van der Waals surface area contributed by atoms with Crippen LogP contribution in [0.15, 0.2) is 88.4 Å². The number of thioether (sulfide) groups is 1. The van der Waals surface area contributed by atoms with Gasteiger partial charge in [0.05, 0.1) is 10.7 Å². The lowest BCUT2D eigenvalue weighted by Crippen LogP contribution is -2.16. The van der Waals surface area contributed by atoms with E-state index in [9.17, 15) is 0 Å².